The van der Waals surface area contributed by atoms with Crippen molar-refractivity contribution in [2.45, 2.75) is 11.6 Å². The lowest BCUT2D eigenvalue weighted by atomic mass is 10.2. The first-order chi connectivity index (χ1) is 15.1. The van der Waals surface area contributed by atoms with Crippen LogP contribution in [0.5, 0.6) is 5.75 Å². The van der Waals surface area contributed by atoms with Gasteiger partial charge in [0, 0.05) is 17.2 Å². The number of aromatic nitrogens is 3. The number of carbonyl (C=O) groups excluding carboxylic acids is 1. The van der Waals surface area contributed by atoms with Crippen molar-refractivity contribution in [3.63, 3.8) is 0 Å². The Balaban J connectivity index is 1.43. The number of methoxy groups -OCH3 is 1. The number of benzene rings is 1. The minimum absolute atomic E-state index is 0.181. The third kappa shape index (κ3) is 5.07. The van der Waals surface area contributed by atoms with E-state index in [1.54, 1.807) is 55.0 Å². The number of amides is 1. The van der Waals surface area contributed by atoms with Crippen LogP contribution in [0.25, 0.3) is 22.9 Å². The molecule has 0 saturated carbocycles. The number of halogens is 1. The van der Waals surface area contributed by atoms with Crippen LogP contribution in [0, 0.1) is 0 Å². The van der Waals surface area contributed by atoms with E-state index < -0.39 is 0 Å². The summed E-state index contributed by atoms with van der Waals surface area (Å²) in [5, 5.41) is 12.1. The molecule has 0 spiro atoms. The van der Waals surface area contributed by atoms with Crippen molar-refractivity contribution in [3.05, 3.63) is 60.0 Å². The molecule has 0 aliphatic carbocycles. The minimum atomic E-state index is -0.181. The summed E-state index contributed by atoms with van der Waals surface area (Å²) in [6.45, 7) is 0. The second kappa shape index (κ2) is 9.67. The fourth-order valence-corrected chi connectivity index (χ4v) is 3.66. The Bertz CT molecular complexity index is 1170. The largest absolute Gasteiger partial charge is 0.495 e. The highest BCUT2D eigenvalue weighted by atomic mass is 35.5. The summed E-state index contributed by atoms with van der Waals surface area (Å²) in [6, 6.07) is 12.1. The standard InChI is InChI=1S/C21H17ClN4O4S/c1-28-15-7-6-13(22)12-14(15)23-18(27)8-11-31-21-24-19(16-4-2-9-29-16)20(25-26-21)17-5-3-10-30-17/h2-7,9-10,12H,8,11H2,1H3,(H,23,27). The van der Waals surface area contributed by atoms with Crippen molar-refractivity contribution in [1.29, 1.82) is 0 Å². The van der Waals surface area contributed by atoms with Crippen LogP contribution in [0.15, 0.2) is 69.0 Å². The lowest BCUT2D eigenvalue weighted by Crippen LogP contribution is -2.13. The Kier molecular flexibility index (Phi) is 6.54. The summed E-state index contributed by atoms with van der Waals surface area (Å²) < 4.78 is 16.2. The highest BCUT2D eigenvalue weighted by Gasteiger charge is 2.18. The van der Waals surface area contributed by atoms with Gasteiger partial charge in [0.2, 0.25) is 11.1 Å². The molecule has 8 nitrogen and oxygen atoms in total. The van der Waals surface area contributed by atoms with Crippen molar-refractivity contribution in [1.82, 2.24) is 15.2 Å². The number of carbonyl (C=O) groups is 1. The lowest BCUT2D eigenvalue weighted by molar-refractivity contribution is -0.115. The molecule has 0 atom stereocenters. The van der Waals surface area contributed by atoms with Crippen molar-refractivity contribution < 1.29 is 18.4 Å². The van der Waals surface area contributed by atoms with E-state index in [4.69, 9.17) is 25.2 Å². The maximum absolute atomic E-state index is 12.3. The van der Waals surface area contributed by atoms with Gasteiger partial charge in [-0.05, 0) is 42.5 Å². The third-order valence-electron chi connectivity index (χ3n) is 4.17. The molecule has 31 heavy (non-hydrogen) atoms. The van der Waals surface area contributed by atoms with Gasteiger partial charge in [0.25, 0.3) is 0 Å². The zero-order valence-corrected chi connectivity index (χ0v) is 17.9. The van der Waals surface area contributed by atoms with Crippen LogP contribution in [-0.4, -0.2) is 34.0 Å². The molecule has 1 N–H and O–H groups in total. The summed E-state index contributed by atoms with van der Waals surface area (Å²) in [5.41, 5.74) is 1.52. The van der Waals surface area contributed by atoms with Gasteiger partial charge in [-0.1, -0.05) is 23.4 Å². The quantitative estimate of drug-likeness (QED) is 0.362. The lowest BCUT2D eigenvalue weighted by Gasteiger charge is -2.10. The molecule has 4 aromatic rings. The Morgan fingerprint density at radius 1 is 1.10 bits per heavy atom. The number of nitrogens with zero attached hydrogens (tertiary/aromatic N) is 3. The van der Waals surface area contributed by atoms with Crippen LogP contribution in [-0.2, 0) is 4.79 Å². The monoisotopic (exact) mass is 456 g/mol. The smallest absolute Gasteiger partial charge is 0.225 e. The molecule has 0 saturated heterocycles. The van der Waals surface area contributed by atoms with E-state index in [9.17, 15) is 4.79 Å². The number of nitrogens with one attached hydrogen (secondary N) is 1. The van der Waals surface area contributed by atoms with Gasteiger partial charge >= 0.3 is 0 Å². The van der Waals surface area contributed by atoms with Gasteiger partial charge < -0.3 is 18.9 Å². The molecule has 0 radical (unpaired) electrons. The predicted octanol–water partition coefficient (Wildman–Crippen LogP) is 5.17. The van der Waals surface area contributed by atoms with Crippen LogP contribution < -0.4 is 10.1 Å². The average molecular weight is 457 g/mol. The maximum atomic E-state index is 12.3. The molecule has 1 aromatic carbocycles. The fourth-order valence-electron chi connectivity index (χ4n) is 2.76. The number of furan rings is 2. The van der Waals surface area contributed by atoms with E-state index in [2.05, 4.69) is 20.5 Å². The summed E-state index contributed by atoms with van der Waals surface area (Å²) >= 11 is 7.31. The van der Waals surface area contributed by atoms with Gasteiger partial charge in [-0.15, -0.1) is 10.2 Å². The van der Waals surface area contributed by atoms with E-state index in [1.807, 2.05) is 0 Å². The Morgan fingerprint density at radius 3 is 2.52 bits per heavy atom. The number of rotatable bonds is 8. The van der Waals surface area contributed by atoms with Crippen molar-refractivity contribution >= 4 is 35.0 Å². The van der Waals surface area contributed by atoms with Crippen molar-refractivity contribution in [3.8, 4) is 28.7 Å². The van der Waals surface area contributed by atoms with Gasteiger partial charge in [-0.2, -0.15) is 0 Å². The molecule has 1 amide bonds. The first-order valence-corrected chi connectivity index (χ1v) is 10.6. The first-order valence-electron chi connectivity index (χ1n) is 9.22. The van der Waals surface area contributed by atoms with E-state index in [-0.39, 0.29) is 12.3 Å². The fraction of sp³-hybridized carbons (Fsp3) is 0.143. The van der Waals surface area contributed by atoms with E-state index in [0.29, 0.717) is 50.3 Å². The highest BCUT2D eigenvalue weighted by molar-refractivity contribution is 7.99. The van der Waals surface area contributed by atoms with Gasteiger partial charge in [0.15, 0.2) is 17.2 Å². The summed E-state index contributed by atoms with van der Waals surface area (Å²) in [7, 11) is 1.53. The van der Waals surface area contributed by atoms with Gasteiger partial charge in [-0.3, -0.25) is 4.79 Å². The molecule has 158 valence electrons. The second-order valence-corrected chi connectivity index (χ2v) is 7.74. The van der Waals surface area contributed by atoms with Crippen molar-refractivity contribution in [2.75, 3.05) is 18.2 Å². The molecule has 0 bridgehead atoms. The first kappa shape index (κ1) is 21.0. The zero-order chi connectivity index (χ0) is 21.6. The van der Waals surface area contributed by atoms with Gasteiger partial charge in [-0.25, -0.2) is 4.98 Å². The molecular weight excluding hydrogens is 440 g/mol. The third-order valence-corrected chi connectivity index (χ3v) is 5.25. The topological polar surface area (TPSA) is 103 Å². The van der Waals surface area contributed by atoms with E-state index in [1.165, 1.54) is 18.9 Å². The Labute approximate surface area is 187 Å². The van der Waals surface area contributed by atoms with Gasteiger partial charge in [0.1, 0.15) is 11.4 Å². The second-order valence-electron chi connectivity index (χ2n) is 6.24. The van der Waals surface area contributed by atoms with Crippen molar-refractivity contribution in [2.24, 2.45) is 0 Å². The number of thioether (sulfide) groups is 1. The molecule has 0 aliphatic rings. The summed E-state index contributed by atoms with van der Waals surface area (Å²) in [4.78, 5) is 16.9. The zero-order valence-electron chi connectivity index (χ0n) is 16.4. The SMILES string of the molecule is COc1ccc(Cl)cc1NC(=O)CCSc1nnc(-c2ccco2)c(-c2ccco2)n1. The van der Waals surface area contributed by atoms with Crippen LogP contribution >= 0.6 is 23.4 Å². The number of anilines is 1. The highest BCUT2D eigenvalue weighted by Crippen LogP contribution is 2.31. The molecule has 3 aromatic heterocycles. The van der Waals surface area contributed by atoms with Crippen LogP contribution in [0.3, 0.4) is 0 Å². The molecule has 0 fully saturated rings. The predicted molar refractivity (Wildman–Crippen MR) is 117 cm³/mol. The van der Waals surface area contributed by atoms with E-state index in [0.717, 1.165) is 0 Å². The van der Waals surface area contributed by atoms with Crippen LogP contribution in [0.4, 0.5) is 5.69 Å². The molecular formula is C21H17ClN4O4S. The molecule has 3 heterocycles. The van der Waals surface area contributed by atoms with E-state index >= 15 is 0 Å². The number of hydrogen-bond acceptors (Lipinski definition) is 8. The maximum Gasteiger partial charge on any atom is 0.225 e. The van der Waals surface area contributed by atoms with Crippen LogP contribution in [0.2, 0.25) is 5.02 Å². The molecule has 10 heteroatoms. The number of ether oxygens (including phenoxy) is 1. The number of hydrogen-bond donors (Lipinski definition) is 1. The molecule has 4 rings (SSSR count). The van der Waals surface area contributed by atoms with Gasteiger partial charge in [0.05, 0.1) is 25.3 Å². The van der Waals surface area contributed by atoms with Crippen LogP contribution in [0.1, 0.15) is 6.42 Å². The minimum Gasteiger partial charge on any atom is -0.495 e. The summed E-state index contributed by atoms with van der Waals surface area (Å²) in [6.07, 6.45) is 3.35. The molecule has 0 unspecified atom stereocenters. The average Bonchev–Trinajstić information content (AvgIpc) is 3.48. The normalized spacial score (nSPS) is 10.8. The summed E-state index contributed by atoms with van der Waals surface area (Å²) in [5.74, 6) is 1.90. The Morgan fingerprint density at radius 2 is 1.84 bits per heavy atom. The molecule has 0 aliphatic heterocycles. The Hall–Kier alpha value is -3.30.